The molecular formula is C21H26N2O8. The van der Waals surface area contributed by atoms with E-state index < -0.39 is 47.9 Å². The number of aromatic nitrogens is 2. The lowest BCUT2D eigenvalue weighted by atomic mass is 10.1. The Labute approximate surface area is 178 Å². The highest BCUT2D eigenvalue weighted by Crippen LogP contribution is 2.33. The Morgan fingerprint density at radius 2 is 1.97 bits per heavy atom. The molecule has 0 radical (unpaired) electrons. The fourth-order valence-corrected chi connectivity index (χ4v) is 3.39. The SMILES string of the molecule is COCCO[C@@H]1[C@H](O)[C@@H]([C@@H](C)OC(=O)c2ccccc2)O[C@H]1n1cc(C)c(=O)[nH]c1=O. The number of methoxy groups -OCH3 is 1. The number of aromatic amines is 1. The Morgan fingerprint density at radius 1 is 1.26 bits per heavy atom. The molecule has 2 N–H and O–H groups in total. The van der Waals surface area contributed by atoms with E-state index in [1.54, 1.807) is 44.2 Å². The number of ether oxygens (including phenoxy) is 4. The second kappa shape index (κ2) is 10.0. The highest BCUT2D eigenvalue weighted by Gasteiger charge is 2.49. The summed E-state index contributed by atoms with van der Waals surface area (Å²) in [6, 6.07) is 8.43. The molecule has 2 heterocycles. The monoisotopic (exact) mass is 434 g/mol. The highest BCUT2D eigenvalue weighted by atomic mass is 16.6. The third kappa shape index (κ3) is 5.10. The molecule has 1 aliphatic heterocycles. The Hall–Kier alpha value is -2.79. The number of hydrogen-bond donors (Lipinski definition) is 2. The molecular weight excluding hydrogens is 408 g/mol. The van der Waals surface area contributed by atoms with Crippen LogP contribution in [0.3, 0.4) is 0 Å². The Balaban J connectivity index is 1.84. The molecule has 0 unspecified atom stereocenters. The lowest BCUT2D eigenvalue weighted by Crippen LogP contribution is -2.42. The van der Waals surface area contributed by atoms with E-state index in [9.17, 15) is 19.5 Å². The van der Waals surface area contributed by atoms with Crippen molar-refractivity contribution in [3.63, 3.8) is 0 Å². The maximum atomic E-state index is 12.4. The van der Waals surface area contributed by atoms with E-state index >= 15 is 0 Å². The first-order valence-electron chi connectivity index (χ1n) is 9.85. The van der Waals surface area contributed by atoms with Crippen LogP contribution >= 0.6 is 0 Å². The van der Waals surface area contributed by atoms with Crippen LogP contribution in [0, 0.1) is 6.92 Å². The number of esters is 1. The van der Waals surface area contributed by atoms with Crippen molar-refractivity contribution in [2.75, 3.05) is 20.3 Å². The average molecular weight is 434 g/mol. The second-order valence-electron chi connectivity index (χ2n) is 7.27. The van der Waals surface area contributed by atoms with E-state index in [2.05, 4.69) is 4.98 Å². The summed E-state index contributed by atoms with van der Waals surface area (Å²) in [5.74, 6) is -0.568. The van der Waals surface area contributed by atoms with Gasteiger partial charge in [-0.3, -0.25) is 14.3 Å². The largest absolute Gasteiger partial charge is 0.456 e. The van der Waals surface area contributed by atoms with Gasteiger partial charge in [0.1, 0.15) is 24.4 Å². The number of rotatable bonds is 8. The number of nitrogens with one attached hydrogen (secondary N) is 1. The van der Waals surface area contributed by atoms with Crippen molar-refractivity contribution in [3.8, 4) is 0 Å². The van der Waals surface area contributed by atoms with Crippen LogP contribution in [0.1, 0.15) is 29.1 Å². The van der Waals surface area contributed by atoms with Crippen LogP contribution in [0.2, 0.25) is 0 Å². The zero-order valence-electron chi connectivity index (χ0n) is 17.5. The van der Waals surface area contributed by atoms with Gasteiger partial charge in [-0.15, -0.1) is 0 Å². The molecule has 0 aliphatic carbocycles. The second-order valence-corrected chi connectivity index (χ2v) is 7.27. The van der Waals surface area contributed by atoms with E-state index in [1.807, 2.05) is 0 Å². The number of aliphatic hydroxyl groups excluding tert-OH is 1. The zero-order chi connectivity index (χ0) is 22.5. The smallest absolute Gasteiger partial charge is 0.338 e. The number of aliphatic hydroxyl groups is 1. The molecule has 1 aromatic heterocycles. The molecule has 0 saturated carbocycles. The van der Waals surface area contributed by atoms with Gasteiger partial charge in [0, 0.05) is 18.9 Å². The summed E-state index contributed by atoms with van der Waals surface area (Å²) < 4.78 is 23.3. The number of benzene rings is 1. The van der Waals surface area contributed by atoms with Gasteiger partial charge in [0.25, 0.3) is 5.56 Å². The van der Waals surface area contributed by atoms with Gasteiger partial charge in [0.15, 0.2) is 6.23 Å². The third-order valence-corrected chi connectivity index (χ3v) is 5.03. The maximum Gasteiger partial charge on any atom is 0.338 e. The van der Waals surface area contributed by atoms with Gasteiger partial charge < -0.3 is 24.1 Å². The lowest BCUT2D eigenvalue weighted by Gasteiger charge is -2.23. The number of hydrogen-bond acceptors (Lipinski definition) is 8. The van der Waals surface area contributed by atoms with Crippen LogP contribution in [0.15, 0.2) is 46.1 Å². The first-order chi connectivity index (χ1) is 14.8. The molecule has 0 bridgehead atoms. The predicted octanol–water partition coefficient (Wildman–Crippen LogP) is 0.380. The van der Waals surface area contributed by atoms with Gasteiger partial charge in [-0.05, 0) is 26.0 Å². The molecule has 1 saturated heterocycles. The Kier molecular flexibility index (Phi) is 7.39. The van der Waals surface area contributed by atoms with Gasteiger partial charge in [-0.2, -0.15) is 0 Å². The lowest BCUT2D eigenvalue weighted by molar-refractivity contribution is -0.0934. The topological polar surface area (TPSA) is 129 Å². The third-order valence-electron chi connectivity index (χ3n) is 5.03. The van der Waals surface area contributed by atoms with E-state index in [0.29, 0.717) is 11.1 Å². The maximum absolute atomic E-state index is 12.4. The zero-order valence-corrected chi connectivity index (χ0v) is 17.5. The summed E-state index contributed by atoms with van der Waals surface area (Å²) in [7, 11) is 1.51. The molecule has 5 atom stereocenters. The first-order valence-corrected chi connectivity index (χ1v) is 9.85. The van der Waals surface area contributed by atoms with Crippen molar-refractivity contribution in [2.24, 2.45) is 0 Å². The van der Waals surface area contributed by atoms with Gasteiger partial charge in [0.2, 0.25) is 0 Å². The van der Waals surface area contributed by atoms with E-state index in [-0.39, 0.29) is 13.2 Å². The molecule has 2 aromatic rings. The van der Waals surface area contributed by atoms with Crippen molar-refractivity contribution in [1.29, 1.82) is 0 Å². The molecule has 1 aliphatic rings. The molecule has 10 heteroatoms. The molecule has 0 spiro atoms. The average Bonchev–Trinajstić information content (AvgIpc) is 3.08. The minimum absolute atomic E-state index is 0.139. The summed E-state index contributed by atoms with van der Waals surface area (Å²) in [6.45, 7) is 3.53. The summed E-state index contributed by atoms with van der Waals surface area (Å²) >= 11 is 0. The summed E-state index contributed by atoms with van der Waals surface area (Å²) in [4.78, 5) is 38.7. The van der Waals surface area contributed by atoms with E-state index in [1.165, 1.54) is 13.3 Å². The van der Waals surface area contributed by atoms with Crippen LogP contribution in [0.5, 0.6) is 0 Å². The molecule has 1 aromatic carbocycles. The van der Waals surface area contributed by atoms with Gasteiger partial charge in [-0.25, -0.2) is 9.59 Å². The summed E-state index contributed by atoms with van der Waals surface area (Å²) in [5, 5.41) is 10.9. The molecule has 1 fully saturated rings. The highest BCUT2D eigenvalue weighted by molar-refractivity contribution is 5.89. The Bertz CT molecular complexity index is 1000. The van der Waals surface area contributed by atoms with Crippen LogP contribution in [0.25, 0.3) is 0 Å². The molecule has 168 valence electrons. The van der Waals surface area contributed by atoms with Crippen LogP contribution in [0.4, 0.5) is 0 Å². The number of carbonyl (C=O) groups excluding carboxylic acids is 1. The number of H-pyrrole nitrogens is 1. The fraction of sp³-hybridized carbons (Fsp3) is 0.476. The van der Waals surface area contributed by atoms with Gasteiger partial charge in [-0.1, -0.05) is 18.2 Å². The fourth-order valence-electron chi connectivity index (χ4n) is 3.39. The van der Waals surface area contributed by atoms with Gasteiger partial charge >= 0.3 is 11.7 Å². The predicted molar refractivity (Wildman–Crippen MR) is 109 cm³/mol. The standard InChI is InChI=1S/C21H26N2O8/c1-12-11-23(21(27)22-18(12)25)19-17(29-10-9-28-3)15(24)16(31-19)13(2)30-20(26)14-7-5-4-6-8-14/h4-8,11,13,15-17,19,24H,9-10H2,1-3H3,(H,22,25,27)/t13-,15-,16-,17-,19-/m1/s1. The van der Waals surface area contributed by atoms with Crippen LogP contribution < -0.4 is 11.2 Å². The first kappa shape index (κ1) is 22.9. The van der Waals surface area contributed by atoms with E-state index in [0.717, 1.165) is 4.57 Å². The molecule has 0 amide bonds. The summed E-state index contributed by atoms with van der Waals surface area (Å²) in [5.41, 5.74) is -0.569. The Morgan fingerprint density at radius 3 is 2.65 bits per heavy atom. The normalized spacial score (nSPS) is 24.1. The number of nitrogens with zero attached hydrogens (tertiary/aromatic N) is 1. The van der Waals surface area contributed by atoms with Crippen LogP contribution in [-0.4, -0.2) is 65.4 Å². The quantitative estimate of drug-likeness (QED) is 0.451. The van der Waals surface area contributed by atoms with Crippen molar-refractivity contribution in [2.45, 2.75) is 44.5 Å². The minimum atomic E-state index is -1.21. The van der Waals surface area contributed by atoms with E-state index in [4.69, 9.17) is 18.9 Å². The van der Waals surface area contributed by atoms with Crippen molar-refractivity contribution in [3.05, 3.63) is 68.5 Å². The van der Waals surface area contributed by atoms with Gasteiger partial charge in [0.05, 0.1) is 18.8 Å². The molecule has 3 rings (SSSR count). The van der Waals surface area contributed by atoms with Crippen molar-refractivity contribution < 1.29 is 28.8 Å². The minimum Gasteiger partial charge on any atom is -0.456 e. The van der Waals surface area contributed by atoms with Crippen molar-refractivity contribution in [1.82, 2.24) is 9.55 Å². The van der Waals surface area contributed by atoms with Crippen molar-refractivity contribution >= 4 is 5.97 Å². The molecule has 10 nitrogen and oxygen atoms in total. The van der Waals surface area contributed by atoms with Crippen LogP contribution in [-0.2, 0) is 18.9 Å². The summed E-state index contributed by atoms with van der Waals surface area (Å²) in [6.07, 6.45) is -3.68. The number of aryl methyl sites for hydroxylation is 1. The number of carbonyl (C=O) groups is 1. The molecule has 31 heavy (non-hydrogen) atoms.